The van der Waals surface area contributed by atoms with E-state index < -0.39 is 0 Å². The molecule has 2 rings (SSSR count). The number of methoxy groups -OCH3 is 2. The van der Waals surface area contributed by atoms with E-state index in [0.29, 0.717) is 6.04 Å². The molecule has 0 heterocycles. The monoisotopic (exact) mass is 249 g/mol. The average molecular weight is 249 g/mol. The molecule has 1 aromatic rings. The molecule has 1 aliphatic rings. The molecule has 0 spiro atoms. The summed E-state index contributed by atoms with van der Waals surface area (Å²) >= 11 is 0. The van der Waals surface area contributed by atoms with Gasteiger partial charge in [-0.25, -0.2) is 0 Å². The molecular weight excluding hydrogens is 226 g/mol. The maximum Gasteiger partial charge on any atom is 0.127 e. The van der Waals surface area contributed by atoms with Crippen LogP contribution in [0.5, 0.6) is 11.5 Å². The summed E-state index contributed by atoms with van der Waals surface area (Å²) in [6, 6.07) is 6.57. The fraction of sp³-hybridized carbons (Fsp3) is 0.600. The summed E-state index contributed by atoms with van der Waals surface area (Å²) in [5, 5.41) is 3.59. The Morgan fingerprint density at radius 1 is 1.28 bits per heavy atom. The number of ether oxygens (including phenoxy) is 2. The molecule has 0 aliphatic heterocycles. The predicted octanol–water partition coefficient (Wildman–Crippen LogP) is 2.98. The van der Waals surface area contributed by atoms with Gasteiger partial charge in [0.25, 0.3) is 0 Å². The molecule has 0 saturated heterocycles. The minimum atomic E-state index is 0.588. The highest BCUT2D eigenvalue weighted by Crippen LogP contribution is 2.30. The first-order valence-corrected chi connectivity index (χ1v) is 6.69. The van der Waals surface area contributed by atoms with Crippen LogP contribution in [0.3, 0.4) is 0 Å². The van der Waals surface area contributed by atoms with E-state index in [1.54, 1.807) is 14.2 Å². The molecule has 1 aromatic carbocycles. The van der Waals surface area contributed by atoms with Crippen LogP contribution >= 0.6 is 0 Å². The SMILES string of the molecule is COc1ccc(CNC(C)C2CCC2)c(OC)c1. The highest BCUT2D eigenvalue weighted by Gasteiger charge is 2.23. The summed E-state index contributed by atoms with van der Waals surface area (Å²) in [4.78, 5) is 0. The zero-order valence-electron chi connectivity index (χ0n) is 11.5. The van der Waals surface area contributed by atoms with Crippen LogP contribution in [-0.2, 0) is 6.54 Å². The van der Waals surface area contributed by atoms with E-state index in [-0.39, 0.29) is 0 Å². The van der Waals surface area contributed by atoms with E-state index in [4.69, 9.17) is 9.47 Å². The normalized spacial score (nSPS) is 17.1. The summed E-state index contributed by atoms with van der Waals surface area (Å²) in [6.45, 7) is 3.13. The van der Waals surface area contributed by atoms with Crippen molar-refractivity contribution in [2.24, 2.45) is 5.92 Å². The minimum absolute atomic E-state index is 0.588. The van der Waals surface area contributed by atoms with Crippen molar-refractivity contribution in [2.75, 3.05) is 14.2 Å². The third-order valence-electron chi connectivity index (χ3n) is 3.97. The fourth-order valence-corrected chi connectivity index (χ4v) is 2.38. The van der Waals surface area contributed by atoms with Gasteiger partial charge in [-0.15, -0.1) is 0 Å². The summed E-state index contributed by atoms with van der Waals surface area (Å²) in [7, 11) is 3.37. The maximum atomic E-state index is 5.40. The first kappa shape index (κ1) is 13.2. The van der Waals surface area contributed by atoms with Crippen molar-refractivity contribution in [3.63, 3.8) is 0 Å². The molecule has 3 heteroatoms. The predicted molar refractivity (Wildman–Crippen MR) is 73.2 cm³/mol. The molecule has 1 unspecified atom stereocenters. The summed E-state index contributed by atoms with van der Waals surface area (Å²) in [5.74, 6) is 2.58. The second-order valence-electron chi connectivity index (χ2n) is 5.04. The maximum absolute atomic E-state index is 5.40. The van der Waals surface area contributed by atoms with Crippen LogP contribution in [0.2, 0.25) is 0 Å². The Hall–Kier alpha value is -1.22. The molecule has 3 nitrogen and oxygen atoms in total. The number of benzene rings is 1. The number of nitrogens with one attached hydrogen (secondary N) is 1. The summed E-state index contributed by atoms with van der Waals surface area (Å²) < 4.78 is 10.6. The van der Waals surface area contributed by atoms with Crippen molar-refractivity contribution < 1.29 is 9.47 Å². The van der Waals surface area contributed by atoms with Crippen molar-refractivity contribution in [1.29, 1.82) is 0 Å². The van der Waals surface area contributed by atoms with Gasteiger partial charge in [0.15, 0.2) is 0 Å². The molecule has 18 heavy (non-hydrogen) atoms. The smallest absolute Gasteiger partial charge is 0.127 e. The van der Waals surface area contributed by atoms with Crippen molar-refractivity contribution in [3.05, 3.63) is 23.8 Å². The first-order valence-electron chi connectivity index (χ1n) is 6.69. The number of hydrogen-bond donors (Lipinski definition) is 1. The van der Waals surface area contributed by atoms with Gasteiger partial charge in [-0.1, -0.05) is 12.5 Å². The van der Waals surface area contributed by atoms with Crippen molar-refractivity contribution in [3.8, 4) is 11.5 Å². The first-order chi connectivity index (χ1) is 8.74. The Morgan fingerprint density at radius 2 is 2.06 bits per heavy atom. The highest BCUT2D eigenvalue weighted by atomic mass is 16.5. The highest BCUT2D eigenvalue weighted by molar-refractivity contribution is 5.40. The lowest BCUT2D eigenvalue weighted by atomic mass is 9.80. The van der Waals surface area contributed by atoms with Gasteiger partial charge >= 0.3 is 0 Å². The van der Waals surface area contributed by atoms with Gasteiger partial charge in [-0.05, 0) is 31.7 Å². The van der Waals surface area contributed by atoms with E-state index in [0.717, 1.165) is 24.0 Å². The van der Waals surface area contributed by atoms with Crippen molar-refractivity contribution >= 4 is 0 Å². The van der Waals surface area contributed by atoms with Crippen LogP contribution in [0.25, 0.3) is 0 Å². The second-order valence-corrected chi connectivity index (χ2v) is 5.04. The van der Waals surface area contributed by atoms with Gasteiger partial charge in [0.05, 0.1) is 14.2 Å². The zero-order valence-corrected chi connectivity index (χ0v) is 11.5. The lowest BCUT2D eigenvalue weighted by Gasteiger charge is -2.32. The van der Waals surface area contributed by atoms with Crippen LogP contribution in [0.15, 0.2) is 18.2 Å². The van der Waals surface area contributed by atoms with E-state index in [2.05, 4.69) is 18.3 Å². The lowest BCUT2D eigenvalue weighted by molar-refractivity contribution is 0.239. The quantitative estimate of drug-likeness (QED) is 0.840. The number of hydrogen-bond acceptors (Lipinski definition) is 3. The minimum Gasteiger partial charge on any atom is -0.497 e. The zero-order chi connectivity index (χ0) is 13.0. The Kier molecular flexibility index (Phi) is 4.48. The van der Waals surface area contributed by atoms with E-state index in [1.165, 1.54) is 24.8 Å². The van der Waals surface area contributed by atoms with Crippen molar-refractivity contribution in [2.45, 2.75) is 38.8 Å². The average Bonchev–Trinajstić information content (AvgIpc) is 2.34. The van der Waals surface area contributed by atoms with E-state index in [9.17, 15) is 0 Å². The molecule has 0 bridgehead atoms. The van der Waals surface area contributed by atoms with Crippen LogP contribution < -0.4 is 14.8 Å². The molecule has 1 N–H and O–H groups in total. The molecular formula is C15H23NO2. The van der Waals surface area contributed by atoms with Crippen LogP contribution in [0.4, 0.5) is 0 Å². The van der Waals surface area contributed by atoms with Crippen LogP contribution in [-0.4, -0.2) is 20.3 Å². The molecule has 1 fully saturated rings. The molecule has 1 atom stereocenters. The van der Waals surface area contributed by atoms with Crippen LogP contribution in [0, 0.1) is 5.92 Å². The van der Waals surface area contributed by atoms with E-state index >= 15 is 0 Å². The third kappa shape index (κ3) is 2.96. The van der Waals surface area contributed by atoms with Crippen molar-refractivity contribution in [1.82, 2.24) is 5.32 Å². The number of rotatable bonds is 6. The lowest BCUT2D eigenvalue weighted by Crippen LogP contribution is -2.36. The van der Waals surface area contributed by atoms with E-state index in [1.807, 2.05) is 12.1 Å². The largest absolute Gasteiger partial charge is 0.497 e. The van der Waals surface area contributed by atoms with Gasteiger partial charge in [0.2, 0.25) is 0 Å². The second kappa shape index (κ2) is 6.10. The van der Waals surface area contributed by atoms with Gasteiger partial charge in [0, 0.05) is 24.2 Å². The Balaban J connectivity index is 1.95. The molecule has 1 aliphatic carbocycles. The summed E-state index contributed by atoms with van der Waals surface area (Å²) in [6.07, 6.45) is 4.13. The Labute approximate surface area is 109 Å². The van der Waals surface area contributed by atoms with Gasteiger partial charge in [0.1, 0.15) is 11.5 Å². The Bertz CT molecular complexity index is 388. The molecule has 0 radical (unpaired) electrons. The third-order valence-corrected chi connectivity index (χ3v) is 3.97. The molecule has 100 valence electrons. The summed E-state index contributed by atoms with van der Waals surface area (Å²) in [5.41, 5.74) is 1.18. The van der Waals surface area contributed by atoms with Gasteiger partial charge in [-0.2, -0.15) is 0 Å². The van der Waals surface area contributed by atoms with Gasteiger partial charge < -0.3 is 14.8 Å². The van der Waals surface area contributed by atoms with Crippen LogP contribution in [0.1, 0.15) is 31.7 Å². The standard InChI is InChI=1S/C15H23NO2/c1-11(12-5-4-6-12)16-10-13-7-8-14(17-2)9-15(13)18-3/h7-9,11-12,16H,4-6,10H2,1-3H3. The Morgan fingerprint density at radius 3 is 2.61 bits per heavy atom. The molecule has 0 aromatic heterocycles. The molecule has 1 saturated carbocycles. The molecule has 0 amide bonds. The fourth-order valence-electron chi connectivity index (χ4n) is 2.38. The van der Waals surface area contributed by atoms with Gasteiger partial charge in [-0.3, -0.25) is 0 Å². The topological polar surface area (TPSA) is 30.5 Å².